The van der Waals surface area contributed by atoms with Crippen molar-refractivity contribution in [1.82, 2.24) is 4.57 Å². The molecule has 0 N–H and O–H groups in total. The van der Waals surface area contributed by atoms with Crippen LogP contribution >= 0.6 is 0 Å². The average molecular weight is 450 g/mol. The molecule has 0 atom stereocenters. The highest BCUT2D eigenvalue weighted by Gasteiger charge is 2.23. The SMILES string of the molecule is c1ccc(-c2cc(-c3ccccc3)cc(-n3c4c(c5c6ccccc6ccc53)CCCC4)c2)cc1. The highest BCUT2D eigenvalue weighted by Crippen LogP contribution is 2.40. The molecule has 1 heterocycles. The van der Waals surface area contributed by atoms with E-state index in [-0.39, 0.29) is 0 Å². The fourth-order valence-electron chi connectivity index (χ4n) is 5.94. The first-order valence-corrected chi connectivity index (χ1v) is 12.7. The lowest BCUT2D eigenvalue weighted by molar-refractivity contribution is 0.667. The number of rotatable bonds is 3. The molecule has 5 aromatic carbocycles. The van der Waals surface area contributed by atoms with E-state index in [9.17, 15) is 0 Å². The molecule has 0 fully saturated rings. The van der Waals surface area contributed by atoms with Crippen LogP contribution in [0, 0.1) is 0 Å². The van der Waals surface area contributed by atoms with Gasteiger partial charge in [-0.1, -0.05) is 91.0 Å². The Labute approximate surface area is 206 Å². The molecule has 0 saturated heterocycles. The number of nitrogens with zero attached hydrogens (tertiary/aromatic N) is 1. The molecule has 35 heavy (non-hydrogen) atoms. The third-order valence-corrected chi connectivity index (χ3v) is 7.55. The van der Waals surface area contributed by atoms with E-state index in [1.165, 1.54) is 68.2 Å². The Balaban J connectivity index is 1.56. The van der Waals surface area contributed by atoms with E-state index in [4.69, 9.17) is 0 Å². The molecule has 0 spiro atoms. The number of hydrogen-bond donors (Lipinski definition) is 0. The molecular weight excluding hydrogens is 422 g/mol. The summed E-state index contributed by atoms with van der Waals surface area (Å²) in [4.78, 5) is 0. The van der Waals surface area contributed by atoms with Crippen LogP contribution in [-0.2, 0) is 12.8 Å². The van der Waals surface area contributed by atoms with Gasteiger partial charge >= 0.3 is 0 Å². The number of aryl methyl sites for hydroxylation is 1. The van der Waals surface area contributed by atoms with Gasteiger partial charge in [-0.3, -0.25) is 0 Å². The normalized spacial score (nSPS) is 13.3. The van der Waals surface area contributed by atoms with E-state index in [1.54, 1.807) is 5.56 Å². The second-order valence-corrected chi connectivity index (χ2v) is 9.65. The van der Waals surface area contributed by atoms with Gasteiger partial charge in [-0.05, 0) is 88.5 Å². The molecule has 1 aliphatic rings. The van der Waals surface area contributed by atoms with Gasteiger partial charge in [0.2, 0.25) is 0 Å². The molecule has 0 amide bonds. The van der Waals surface area contributed by atoms with Crippen molar-refractivity contribution in [2.75, 3.05) is 0 Å². The number of aromatic nitrogens is 1. The van der Waals surface area contributed by atoms with Crippen LogP contribution in [0.1, 0.15) is 24.1 Å². The predicted octanol–water partition coefficient (Wildman–Crippen LogP) is 9.00. The topological polar surface area (TPSA) is 4.93 Å². The van der Waals surface area contributed by atoms with Gasteiger partial charge in [0, 0.05) is 16.8 Å². The first-order chi connectivity index (χ1) is 17.4. The highest BCUT2D eigenvalue weighted by atomic mass is 15.0. The Kier molecular flexibility index (Phi) is 4.80. The van der Waals surface area contributed by atoms with Gasteiger partial charge in [-0.15, -0.1) is 0 Å². The Hall–Kier alpha value is -4.10. The summed E-state index contributed by atoms with van der Waals surface area (Å²) in [7, 11) is 0. The number of fused-ring (bicyclic) bond motifs is 5. The van der Waals surface area contributed by atoms with E-state index < -0.39 is 0 Å². The van der Waals surface area contributed by atoms with E-state index >= 15 is 0 Å². The van der Waals surface area contributed by atoms with Crippen LogP contribution in [0.2, 0.25) is 0 Å². The summed E-state index contributed by atoms with van der Waals surface area (Å²) in [5, 5.41) is 4.15. The van der Waals surface area contributed by atoms with Crippen LogP contribution in [0.3, 0.4) is 0 Å². The molecule has 0 aliphatic heterocycles. The lowest BCUT2D eigenvalue weighted by atomic mass is 9.93. The van der Waals surface area contributed by atoms with E-state index in [1.807, 2.05) is 0 Å². The number of hydrogen-bond acceptors (Lipinski definition) is 0. The summed E-state index contributed by atoms with van der Waals surface area (Å²) in [5.74, 6) is 0. The maximum atomic E-state index is 2.56. The van der Waals surface area contributed by atoms with Crippen molar-refractivity contribution in [2.45, 2.75) is 25.7 Å². The first-order valence-electron chi connectivity index (χ1n) is 12.7. The Morgan fingerprint density at radius 3 is 1.86 bits per heavy atom. The maximum absolute atomic E-state index is 2.56. The van der Waals surface area contributed by atoms with E-state index in [0.29, 0.717) is 0 Å². The third-order valence-electron chi connectivity index (χ3n) is 7.55. The van der Waals surface area contributed by atoms with Crippen molar-refractivity contribution in [1.29, 1.82) is 0 Å². The quantitative estimate of drug-likeness (QED) is 0.254. The fraction of sp³-hybridized carbons (Fsp3) is 0.118. The van der Waals surface area contributed by atoms with Crippen LogP contribution in [0.5, 0.6) is 0 Å². The standard InChI is InChI=1S/C34H27N/c1-3-11-24(12-4-1)27-21-28(25-13-5-2-6-14-25)23-29(22-27)35-32-18-10-9-17-31(32)34-30-16-8-7-15-26(30)19-20-33(34)35/h1-8,11-16,19-23H,9-10,17-18H2. The monoisotopic (exact) mass is 449 g/mol. The molecule has 1 heteroatoms. The van der Waals surface area contributed by atoms with Crippen molar-refractivity contribution >= 4 is 21.7 Å². The molecule has 7 rings (SSSR count). The van der Waals surface area contributed by atoms with Crippen molar-refractivity contribution in [3.8, 4) is 27.9 Å². The van der Waals surface area contributed by atoms with Crippen molar-refractivity contribution < 1.29 is 0 Å². The largest absolute Gasteiger partial charge is 0.313 e. The van der Waals surface area contributed by atoms with Gasteiger partial charge in [0.1, 0.15) is 0 Å². The second-order valence-electron chi connectivity index (χ2n) is 9.65. The molecule has 1 aromatic heterocycles. The summed E-state index contributed by atoms with van der Waals surface area (Å²) in [6.07, 6.45) is 4.82. The smallest absolute Gasteiger partial charge is 0.0540 e. The van der Waals surface area contributed by atoms with Crippen LogP contribution in [0.25, 0.3) is 49.6 Å². The van der Waals surface area contributed by atoms with Gasteiger partial charge in [-0.2, -0.15) is 0 Å². The molecule has 1 aliphatic carbocycles. The lowest BCUT2D eigenvalue weighted by Gasteiger charge is -2.18. The zero-order valence-electron chi connectivity index (χ0n) is 19.7. The number of benzene rings is 5. The van der Waals surface area contributed by atoms with Crippen molar-refractivity contribution in [3.63, 3.8) is 0 Å². The Morgan fingerprint density at radius 2 is 1.14 bits per heavy atom. The lowest BCUT2D eigenvalue weighted by Crippen LogP contribution is -2.07. The van der Waals surface area contributed by atoms with Gasteiger partial charge in [0.15, 0.2) is 0 Å². The van der Waals surface area contributed by atoms with Gasteiger partial charge in [0.25, 0.3) is 0 Å². The van der Waals surface area contributed by atoms with Crippen LogP contribution < -0.4 is 0 Å². The molecule has 0 radical (unpaired) electrons. The van der Waals surface area contributed by atoms with Crippen molar-refractivity contribution in [3.05, 3.63) is 127 Å². The summed E-state index contributed by atoms with van der Waals surface area (Å²) < 4.78 is 2.56. The molecular formula is C34H27N. The van der Waals surface area contributed by atoms with Crippen molar-refractivity contribution in [2.24, 2.45) is 0 Å². The van der Waals surface area contributed by atoms with Crippen LogP contribution in [0.15, 0.2) is 115 Å². The summed E-state index contributed by atoms with van der Waals surface area (Å²) in [6.45, 7) is 0. The zero-order valence-corrected chi connectivity index (χ0v) is 19.7. The summed E-state index contributed by atoms with van der Waals surface area (Å²) in [6, 6.07) is 42.1. The second kappa shape index (κ2) is 8.29. The van der Waals surface area contributed by atoms with E-state index in [2.05, 4.69) is 120 Å². The summed E-state index contributed by atoms with van der Waals surface area (Å²) >= 11 is 0. The molecule has 0 bridgehead atoms. The van der Waals surface area contributed by atoms with Crippen LogP contribution in [0.4, 0.5) is 0 Å². The zero-order chi connectivity index (χ0) is 23.2. The minimum Gasteiger partial charge on any atom is -0.313 e. The predicted molar refractivity (Wildman–Crippen MR) is 148 cm³/mol. The fourth-order valence-corrected chi connectivity index (χ4v) is 5.94. The van der Waals surface area contributed by atoms with Gasteiger partial charge in [0.05, 0.1) is 5.52 Å². The minimum absolute atomic E-state index is 1.13. The summed E-state index contributed by atoms with van der Waals surface area (Å²) in [5.41, 5.74) is 10.7. The highest BCUT2D eigenvalue weighted by molar-refractivity contribution is 6.09. The van der Waals surface area contributed by atoms with Gasteiger partial charge in [-0.25, -0.2) is 0 Å². The molecule has 6 aromatic rings. The minimum atomic E-state index is 1.13. The molecule has 0 unspecified atom stereocenters. The van der Waals surface area contributed by atoms with E-state index in [0.717, 1.165) is 12.8 Å². The Morgan fingerprint density at radius 1 is 0.514 bits per heavy atom. The van der Waals surface area contributed by atoms with Gasteiger partial charge < -0.3 is 4.57 Å². The molecule has 1 nitrogen and oxygen atoms in total. The maximum Gasteiger partial charge on any atom is 0.0540 e. The van der Waals surface area contributed by atoms with Crippen LogP contribution in [-0.4, -0.2) is 4.57 Å². The first kappa shape index (κ1) is 20.3. The average Bonchev–Trinajstić information content (AvgIpc) is 3.29. The molecule has 168 valence electrons. The Bertz CT molecular complexity index is 1620. The third kappa shape index (κ3) is 3.39. The molecule has 0 saturated carbocycles.